The van der Waals surface area contributed by atoms with E-state index < -0.39 is 0 Å². The van der Waals surface area contributed by atoms with Crippen molar-refractivity contribution in [2.75, 3.05) is 41.8 Å². The summed E-state index contributed by atoms with van der Waals surface area (Å²) in [6.07, 6.45) is 1.60. The lowest BCUT2D eigenvalue weighted by molar-refractivity contribution is 0.102. The zero-order valence-corrected chi connectivity index (χ0v) is 16.2. The lowest BCUT2D eigenvalue weighted by atomic mass is 10.2. The minimum Gasteiger partial charge on any atom is -0.378 e. The van der Waals surface area contributed by atoms with Crippen LogP contribution in [0.2, 0.25) is 0 Å². The molecule has 0 radical (unpaired) electrons. The predicted octanol–water partition coefficient (Wildman–Crippen LogP) is 3.78. The number of nitrogens with one attached hydrogen (secondary N) is 2. The first-order valence-corrected chi connectivity index (χ1v) is 9.76. The highest BCUT2D eigenvalue weighted by atomic mass is 16.5. The lowest BCUT2D eigenvalue weighted by Gasteiger charge is -2.30. The number of pyridine rings is 1. The van der Waals surface area contributed by atoms with E-state index in [1.54, 1.807) is 12.3 Å². The first-order valence-electron chi connectivity index (χ1n) is 9.76. The number of rotatable bonds is 6. The van der Waals surface area contributed by atoms with E-state index in [-0.39, 0.29) is 5.91 Å². The molecule has 4 rings (SSSR count). The minimum absolute atomic E-state index is 0.173. The van der Waals surface area contributed by atoms with Crippen molar-refractivity contribution in [2.45, 2.75) is 6.54 Å². The van der Waals surface area contributed by atoms with Crippen molar-refractivity contribution in [3.8, 4) is 0 Å². The molecule has 2 heterocycles. The van der Waals surface area contributed by atoms with Gasteiger partial charge in [-0.2, -0.15) is 0 Å². The summed E-state index contributed by atoms with van der Waals surface area (Å²) in [5, 5.41) is 6.29. The van der Waals surface area contributed by atoms with E-state index in [1.807, 2.05) is 48.5 Å². The van der Waals surface area contributed by atoms with E-state index in [0.29, 0.717) is 25.3 Å². The van der Waals surface area contributed by atoms with Gasteiger partial charge < -0.3 is 20.3 Å². The quantitative estimate of drug-likeness (QED) is 0.673. The summed E-state index contributed by atoms with van der Waals surface area (Å²) in [6, 6.07) is 21.6. The summed E-state index contributed by atoms with van der Waals surface area (Å²) in [7, 11) is 0. The fourth-order valence-electron chi connectivity index (χ4n) is 3.28. The zero-order chi connectivity index (χ0) is 19.9. The zero-order valence-electron chi connectivity index (χ0n) is 16.2. The van der Waals surface area contributed by atoms with Crippen LogP contribution in [0.3, 0.4) is 0 Å². The number of nitrogens with zero attached hydrogens (tertiary/aromatic N) is 2. The van der Waals surface area contributed by atoms with Gasteiger partial charge in [-0.25, -0.2) is 4.98 Å². The highest BCUT2D eigenvalue weighted by Crippen LogP contribution is 2.26. The Labute approximate surface area is 170 Å². The molecule has 1 saturated heterocycles. The van der Waals surface area contributed by atoms with Crippen LogP contribution < -0.4 is 15.5 Å². The first-order chi connectivity index (χ1) is 14.3. The van der Waals surface area contributed by atoms with E-state index in [2.05, 4.69) is 32.7 Å². The molecule has 0 aliphatic carbocycles. The molecule has 148 valence electrons. The maximum absolute atomic E-state index is 12.7. The average molecular weight is 388 g/mol. The van der Waals surface area contributed by atoms with Crippen LogP contribution in [0.4, 0.5) is 17.2 Å². The topological polar surface area (TPSA) is 66.5 Å². The van der Waals surface area contributed by atoms with Crippen molar-refractivity contribution in [3.63, 3.8) is 0 Å². The van der Waals surface area contributed by atoms with Crippen LogP contribution in [0.25, 0.3) is 0 Å². The summed E-state index contributed by atoms with van der Waals surface area (Å²) in [5.74, 6) is 0.562. The summed E-state index contributed by atoms with van der Waals surface area (Å²) >= 11 is 0. The molecule has 6 nitrogen and oxygen atoms in total. The smallest absolute Gasteiger partial charge is 0.257 e. The molecule has 6 heteroatoms. The molecule has 1 amide bonds. The maximum Gasteiger partial charge on any atom is 0.257 e. The standard InChI is InChI=1S/C23H24N4O2/c28-23(26-20-8-4-5-9-21(20)27-12-14-29-15-13-27)19-10-11-22(25-17-19)24-16-18-6-2-1-3-7-18/h1-11,17H,12-16H2,(H,24,25)(H,26,28). The number of ether oxygens (including phenoxy) is 1. The summed E-state index contributed by atoms with van der Waals surface area (Å²) in [4.78, 5) is 19.3. The number of hydrogen-bond acceptors (Lipinski definition) is 5. The van der Waals surface area contributed by atoms with Crippen molar-refractivity contribution in [3.05, 3.63) is 84.1 Å². The number of para-hydroxylation sites is 2. The Balaban J connectivity index is 1.40. The summed E-state index contributed by atoms with van der Waals surface area (Å²) in [6.45, 7) is 3.71. The fourth-order valence-corrected chi connectivity index (χ4v) is 3.28. The number of carbonyl (C=O) groups excluding carboxylic acids is 1. The van der Waals surface area contributed by atoms with Crippen molar-refractivity contribution >= 4 is 23.1 Å². The fraction of sp³-hybridized carbons (Fsp3) is 0.217. The monoisotopic (exact) mass is 388 g/mol. The van der Waals surface area contributed by atoms with Gasteiger partial charge in [0.25, 0.3) is 5.91 Å². The van der Waals surface area contributed by atoms with E-state index in [1.165, 1.54) is 5.56 Å². The molecule has 29 heavy (non-hydrogen) atoms. The lowest BCUT2D eigenvalue weighted by Crippen LogP contribution is -2.36. The second-order valence-corrected chi connectivity index (χ2v) is 6.84. The van der Waals surface area contributed by atoms with E-state index >= 15 is 0 Å². The summed E-state index contributed by atoms with van der Waals surface area (Å²) in [5.41, 5.74) is 3.51. The molecule has 2 N–H and O–H groups in total. The normalized spacial score (nSPS) is 13.7. The molecule has 1 aliphatic rings. The van der Waals surface area contributed by atoms with Crippen LogP contribution >= 0.6 is 0 Å². The van der Waals surface area contributed by atoms with Gasteiger partial charge in [0.1, 0.15) is 5.82 Å². The van der Waals surface area contributed by atoms with Gasteiger partial charge >= 0.3 is 0 Å². The second kappa shape index (κ2) is 9.21. The SMILES string of the molecule is O=C(Nc1ccccc1N1CCOCC1)c1ccc(NCc2ccccc2)nc1. The molecule has 3 aromatic rings. The van der Waals surface area contributed by atoms with Gasteiger partial charge in [0.05, 0.1) is 30.2 Å². The van der Waals surface area contributed by atoms with Crippen LogP contribution in [0.1, 0.15) is 15.9 Å². The molecule has 1 fully saturated rings. The van der Waals surface area contributed by atoms with E-state index in [4.69, 9.17) is 4.74 Å². The van der Waals surface area contributed by atoms with Gasteiger partial charge in [-0.3, -0.25) is 4.79 Å². The van der Waals surface area contributed by atoms with Gasteiger partial charge in [-0.05, 0) is 29.8 Å². The third-order valence-electron chi connectivity index (χ3n) is 4.85. The third-order valence-corrected chi connectivity index (χ3v) is 4.85. The number of benzene rings is 2. The molecule has 1 aliphatic heterocycles. The average Bonchev–Trinajstić information content (AvgIpc) is 2.80. The largest absolute Gasteiger partial charge is 0.378 e. The Morgan fingerprint density at radius 3 is 2.48 bits per heavy atom. The number of anilines is 3. The number of carbonyl (C=O) groups is 1. The molecule has 1 aromatic heterocycles. The van der Waals surface area contributed by atoms with Crippen molar-refractivity contribution in [1.82, 2.24) is 4.98 Å². The number of hydrogen-bond donors (Lipinski definition) is 2. The van der Waals surface area contributed by atoms with Gasteiger partial charge in [-0.15, -0.1) is 0 Å². The van der Waals surface area contributed by atoms with Crippen LogP contribution in [0.5, 0.6) is 0 Å². The van der Waals surface area contributed by atoms with Crippen LogP contribution in [0, 0.1) is 0 Å². The van der Waals surface area contributed by atoms with E-state index in [0.717, 1.165) is 30.3 Å². The Bertz CT molecular complexity index is 939. The third kappa shape index (κ3) is 4.92. The number of amides is 1. The highest BCUT2D eigenvalue weighted by molar-refractivity contribution is 6.05. The Hall–Kier alpha value is -3.38. The highest BCUT2D eigenvalue weighted by Gasteiger charge is 2.16. The number of morpholine rings is 1. The predicted molar refractivity (Wildman–Crippen MR) is 115 cm³/mol. The van der Waals surface area contributed by atoms with Crippen molar-refractivity contribution < 1.29 is 9.53 Å². The van der Waals surface area contributed by atoms with Gasteiger partial charge in [0.15, 0.2) is 0 Å². The minimum atomic E-state index is -0.173. The molecule has 0 unspecified atom stereocenters. The summed E-state index contributed by atoms with van der Waals surface area (Å²) < 4.78 is 5.43. The van der Waals surface area contributed by atoms with Crippen LogP contribution in [-0.4, -0.2) is 37.2 Å². The maximum atomic E-state index is 12.7. The first kappa shape index (κ1) is 19.0. The van der Waals surface area contributed by atoms with Crippen molar-refractivity contribution in [1.29, 1.82) is 0 Å². The van der Waals surface area contributed by atoms with Crippen LogP contribution in [0.15, 0.2) is 72.9 Å². The second-order valence-electron chi connectivity index (χ2n) is 6.84. The van der Waals surface area contributed by atoms with Crippen LogP contribution in [-0.2, 0) is 11.3 Å². The van der Waals surface area contributed by atoms with Gasteiger partial charge in [-0.1, -0.05) is 42.5 Å². The molecular weight excluding hydrogens is 364 g/mol. The number of aromatic nitrogens is 1. The molecule has 2 aromatic carbocycles. The molecule has 0 spiro atoms. The Morgan fingerprint density at radius 2 is 1.72 bits per heavy atom. The molecule has 0 saturated carbocycles. The van der Waals surface area contributed by atoms with Gasteiger partial charge in [0, 0.05) is 25.8 Å². The van der Waals surface area contributed by atoms with E-state index in [9.17, 15) is 4.79 Å². The molecule has 0 bridgehead atoms. The Kier molecular flexibility index (Phi) is 6.02. The molecular formula is C23H24N4O2. The van der Waals surface area contributed by atoms with Gasteiger partial charge in [0.2, 0.25) is 0 Å². The Morgan fingerprint density at radius 1 is 0.966 bits per heavy atom. The van der Waals surface area contributed by atoms with Crippen molar-refractivity contribution in [2.24, 2.45) is 0 Å². The molecule has 0 atom stereocenters.